The molecule has 0 aliphatic carbocycles. The number of hydrogen-bond donors (Lipinski definition) is 2. The van der Waals surface area contributed by atoms with Gasteiger partial charge in [-0.25, -0.2) is 4.79 Å². The van der Waals surface area contributed by atoms with Crippen molar-refractivity contribution in [3.63, 3.8) is 0 Å². The summed E-state index contributed by atoms with van der Waals surface area (Å²) in [5.41, 5.74) is 1.71. The van der Waals surface area contributed by atoms with E-state index in [-0.39, 0.29) is 12.5 Å². The lowest BCUT2D eigenvalue weighted by Crippen LogP contribution is -2.10. The summed E-state index contributed by atoms with van der Waals surface area (Å²) in [4.78, 5) is 10.9. The Kier molecular flexibility index (Phi) is 4.12. The van der Waals surface area contributed by atoms with E-state index in [1.807, 2.05) is 19.1 Å². The summed E-state index contributed by atoms with van der Waals surface area (Å²) in [5.74, 6) is 0.108. The first kappa shape index (κ1) is 11.5. The second-order valence-corrected chi connectivity index (χ2v) is 3.32. The number of carbonyl (C=O) groups excluding carboxylic acids is 1. The molecular formula is C11H15NO3. The SMILES string of the molecule is COC(=O)Nc1ccc(C(C)CO)cc1. The molecule has 0 bridgehead atoms. The van der Waals surface area contributed by atoms with E-state index in [9.17, 15) is 4.79 Å². The Bertz CT molecular complexity index is 321. The Labute approximate surface area is 88.9 Å². The van der Waals surface area contributed by atoms with Gasteiger partial charge >= 0.3 is 6.09 Å². The lowest BCUT2D eigenvalue weighted by molar-refractivity contribution is 0.187. The number of anilines is 1. The predicted molar refractivity (Wildman–Crippen MR) is 58.0 cm³/mol. The van der Waals surface area contributed by atoms with Crippen molar-refractivity contribution >= 4 is 11.8 Å². The molecule has 1 aromatic rings. The Morgan fingerprint density at radius 2 is 2.07 bits per heavy atom. The summed E-state index contributed by atoms with van der Waals surface area (Å²) in [6, 6.07) is 7.29. The van der Waals surface area contributed by atoms with Crippen molar-refractivity contribution in [1.29, 1.82) is 0 Å². The maximum Gasteiger partial charge on any atom is 0.411 e. The quantitative estimate of drug-likeness (QED) is 0.800. The highest BCUT2D eigenvalue weighted by Crippen LogP contribution is 2.17. The van der Waals surface area contributed by atoms with Crippen molar-refractivity contribution in [3.05, 3.63) is 29.8 Å². The van der Waals surface area contributed by atoms with Crippen LogP contribution in [0.5, 0.6) is 0 Å². The molecule has 0 fully saturated rings. The van der Waals surface area contributed by atoms with Gasteiger partial charge in [-0.1, -0.05) is 19.1 Å². The lowest BCUT2D eigenvalue weighted by Gasteiger charge is -2.09. The number of carbonyl (C=O) groups is 1. The average Bonchev–Trinajstić information content (AvgIpc) is 2.29. The van der Waals surface area contributed by atoms with E-state index in [2.05, 4.69) is 10.1 Å². The van der Waals surface area contributed by atoms with E-state index in [1.165, 1.54) is 7.11 Å². The van der Waals surface area contributed by atoms with Crippen molar-refractivity contribution < 1.29 is 14.6 Å². The minimum atomic E-state index is -0.488. The number of rotatable bonds is 3. The smallest absolute Gasteiger partial charge is 0.411 e. The number of aliphatic hydroxyl groups is 1. The molecule has 0 spiro atoms. The number of methoxy groups -OCH3 is 1. The van der Waals surface area contributed by atoms with E-state index in [1.54, 1.807) is 12.1 Å². The molecule has 1 atom stereocenters. The van der Waals surface area contributed by atoms with E-state index < -0.39 is 6.09 Å². The first-order valence-corrected chi connectivity index (χ1v) is 4.73. The second kappa shape index (κ2) is 5.36. The van der Waals surface area contributed by atoms with Gasteiger partial charge in [-0.2, -0.15) is 0 Å². The molecule has 0 heterocycles. The largest absolute Gasteiger partial charge is 0.453 e. The standard InChI is InChI=1S/C11H15NO3/c1-8(7-13)9-3-5-10(6-4-9)12-11(14)15-2/h3-6,8,13H,7H2,1-2H3,(H,12,14). The van der Waals surface area contributed by atoms with Crippen molar-refractivity contribution in [1.82, 2.24) is 0 Å². The van der Waals surface area contributed by atoms with Crippen LogP contribution in [-0.2, 0) is 4.74 Å². The van der Waals surface area contributed by atoms with E-state index in [0.29, 0.717) is 5.69 Å². The Hall–Kier alpha value is -1.55. The van der Waals surface area contributed by atoms with Crippen molar-refractivity contribution in [3.8, 4) is 0 Å². The summed E-state index contributed by atoms with van der Waals surface area (Å²) < 4.78 is 4.46. The summed E-state index contributed by atoms with van der Waals surface area (Å²) in [7, 11) is 1.32. The number of nitrogens with one attached hydrogen (secondary N) is 1. The number of benzene rings is 1. The summed E-state index contributed by atoms with van der Waals surface area (Å²) in [5, 5.41) is 11.5. The van der Waals surface area contributed by atoms with E-state index in [0.717, 1.165) is 5.56 Å². The Balaban J connectivity index is 2.68. The third-order valence-corrected chi connectivity index (χ3v) is 2.19. The molecular weight excluding hydrogens is 194 g/mol. The molecule has 4 heteroatoms. The highest BCUT2D eigenvalue weighted by molar-refractivity contribution is 5.84. The molecule has 82 valence electrons. The maximum absolute atomic E-state index is 10.9. The van der Waals surface area contributed by atoms with Crippen LogP contribution in [0.15, 0.2) is 24.3 Å². The molecule has 0 radical (unpaired) electrons. The highest BCUT2D eigenvalue weighted by atomic mass is 16.5. The van der Waals surface area contributed by atoms with Crippen molar-refractivity contribution in [2.75, 3.05) is 19.0 Å². The van der Waals surface area contributed by atoms with Gasteiger partial charge in [-0.3, -0.25) is 5.32 Å². The molecule has 0 aliphatic rings. The topological polar surface area (TPSA) is 58.6 Å². The number of aliphatic hydroxyl groups excluding tert-OH is 1. The minimum absolute atomic E-state index is 0.108. The van der Waals surface area contributed by atoms with Crippen LogP contribution in [0.2, 0.25) is 0 Å². The maximum atomic E-state index is 10.9. The zero-order valence-corrected chi connectivity index (χ0v) is 8.86. The van der Waals surface area contributed by atoms with E-state index >= 15 is 0 Å². The van der Waals surface area contributed by atoms with Gasteiger partial charge in [0.1, 0.15) is 0 Å². The van der Waals surface area contributed by atoms with Crippen molar-refractivity contribution in [2.45, 2.75) is 12.8 Å². The van der Waals surface area contributed by atoms with Crippen molar-refractivity contribution in [2.24, 2.45) is 0 Å². The molecule has 0 aliphatic heterocycles. The number of ether oxygens (including phenoxy) is 1. The van der Waals surface area contributed by atoms with Crippen LogP contribution in [0.1, 0.15) is 18.4 Å². The van der Waals surface area contributed by atoms with Gasteiger partial charge in [0, 0.05) is 18.2 Å². The molecule has 15 heavy (non-hydrogen) atoms. The number of amides is 1. The first-order chi connectivity index (χ1) is 7.17. The van der Waals surface area contributed by atoms with Crippen LogP contribution >= 0.6 is 0 Å². The summed E-state index contributed by atoms with van der Waals surface area (Å²) in [6.07, 6.45) is -0.488. The third kappa shape index (κ3) is 3.25. The fraction of sp³-hybridized carbons (Fsp3) is 0.364. The monoisotopic (exact) mass is 209 g/mol. The highest BCUT2D eigenvalue weighted by Gasteiger charge is 2.04. The van der Waals surface area contributed by atoms with Crippen LogP contribution in [0.25, 0.3) is 0 Å². The molecule has 4 nitrogen and oxygen atoms in total. The summed E-state index contributed by atoms with van der Waals surface area (Å²) >= 11 is 0. The lowest BCUT2D eigenvalue weighted by atomic mass is 10.0. The second-order valence-electron chi connectivity index (χ2n) is 3.32. The van der Waals surface area contributed by atoms with Crippen LogP contribution in [0.3, 0.4) is 0 Å². The minimum Gasteiger partial charge on any atom is -0.453 e. The zero-order chi connectivity index (χ0) is 11.3. The van der Waals surface area contributed by atoms with E-state index in [4.69, 9.17) is 5.11 Å². The van der Waals surface area contributed by atoms with Crippen LogP contribution in [0, 0.1) is 0 Å². The summed E-state index contributed by atoms with van der Waals surface area (Å²) in [6.45, 7) is 2.05. The molecule has 0 saturated heterocycles. The normalized spacial score (nSPS) is 11.9. The fourth-order valence-electron chi connectivity index (χ4n) is 1.17. The zero-order valence-electron chi connectivity index (χ0n) is 8.86. The van der Waals surface area contributed by atoms with Crippen LogP contribution in [-0.4, -0.2) is 24.9 Å². The third-order valence-electron chi connectivity index (χ3n) is 2.19. The molecule has 1 unspecified atom stereocenters. The molecule has 2 N–H and O–H groups in total. The predicted octanol–water partition coefficient (Wildman–Crippen LogP) is 1.96. The van der Waals surface area contributed by atoms with Gasteiger partial charge in [0.2, 0.25) is 0 Å². The molecule has 0 saturated carbocycles. The first-order valence-electron chi connectivity index (χ1n) is 4.73. The Morgan fingerprint density at radius 3 is 2.53 bits per heavy atom. The van der Waals surface area contributed by atoms with Gasteiger partial charge < -0.3 is 9.84 Å². The average molecular weight is 209 g/mol. The fourth-order valence-corrected chi connectivity index (χ4v) is 1.17. The van der Waals surface area contributed by atoms with Crippen LogP contribution in [0.4, 0.5) is 10.5 Å². The Morgan fingerprint density at radius 1 is 1.47 bits per heavy atom. The molecule has 0 aromatic heterocycles. The van der Waals surface area contributed by atoms with Gasteiger partial charge in [0.25, 0.3) is 0 Å². The number of hydrogen-bond acceptors (Lipinski definition) is 3. The molecule has 1 amide bonds. The van der Waals surface area contributed by atoms with Gasteiger partial charge in [0.15, 0.2) is 0 Å². The van der Waals surface area contributed by atoms with Gasteiger partial charge in [-0.05, 0) is 17.7 Å². The van der Waals surface area contributed by atoms with Crippen LogP contribution < -0.4 is 5.32 Å². The molecule has 1 aromatic carbocycles. The molecule has 1 rings (SSSR count). The van der Waals surface area contributed by atoms with Gasteiger partial charge in [0.05, 0.1) is 7.11 Å². The van der Waals surface area contributed by atoms with Gasteiger partial charge in [-0.15, -0.1) is 0 Å².